The third-order valence-corrected chi connectivity index (χ3v) is 5.60. The van der Waals surface area contributed by atoms with Crippen LogP contribution in [0, 0.1) is 11.6 Å². The molecule has 2 heterocycles. The molecule has 2 amide bonds. The number of halogens is 2. The molecule has 0 saturated heterocycles. The molecule has 0 aliphatic heterocycles. The minimum Gasteiger partial charge on any atom is -0.338 e. The zero-order valence-corrected chi connectivity index (χ0v) is 18.6. The fourth-order valence-corrected chi connectivity index (χ4v) is 4.01. The SMILES string of the molecule is CCNC(=O)Nc1nc2cc(-c3cc(Cc4n[nH]c(=O)c5cccc(F)c45)ccc3F)ccc2[nH]1. The van der Waals surface area contributed by atoms with E-state index in [0.717, 1.165) is 0 Å². The van der Waals surface area contributed by atoms with Gasteiger partial charge in [-0.2, -0.15) is 5.10 Å². The van der Waals surface area contributed by atoms with Gasteiger partial charge in [0.2, 0.25) is 5.95 Å². The van der Waals surface area contributed by atoms with E-state index in [1.807, 2.05) is 0 Å². The maximum Gasteiger partial charge on any atom is 0.321 e. The van der Waals surface area contributed by atoms with E-state index in [-0.39, 0.29) is 29.2 Å². The number of nitrogens with one attached hydrogen (secondary N) is 4. The van der Waals surface area contributed by atoms with Gasteiger partial charge in [0.15, 0.2) is 0 Å². The minimum atomic E-state index is -0.542. The fraction of sp³-hybridized carbons (Fsp3) is 0.120. The first-order valence-electron chi connectivity index (χ1n) is 10.9. The van der Waals surface area contributed by atoms with Crippen LogP contribution in [0.15, 0.2) is 59.4 Å². The number of benzene rings is 3. The summed E-state index contributed by atoms with van der Waals surface area (Å²) in [5.41, 5.74) is 2.70. The first-order valence-corrected chi connectivity index (χ1v) is 10.9. The maximum absolute atomic E-state index is 14.8. The molecule has 3 aromatic carbocycles. The molecule has 2 aromatic heterocycles. The Morgan fingerprint density at radius 1 is 1.06 bits per heavy atom. The van der Waals surface area contributed by atoms with Crippen LogP contribution in [0.1, 0.15) is 18.2 Å². The van der Waals surface area contributed by atoms with E-state index in [1.54, 1.807) is 37.3 Å². The van der Waals surface area contributed by atoms with Crippen LogP contribution in [0.5, 0.6) is 0 Å². The van der Waals surface area contributed by atoms with E-state index in [4.69, 9.17) is 0 Å². The van der Waals surface area contributed by atoms with Crippen LogP contribution in [0.25, 0.3) is 32.9 Å². The smallest absolute Gasteiger partial charge is 0.321 e. The van der Waals surface area contributed by atoms with Crippen molar-refractivity contribution >= 4 is 33.8 Å². The van der Waals surface area contributed by atoms with Gasteiger partial charge in [0.1, 0.15) is 11.6 Å². The van der Waals surface area contributed by atoms with E-state index in [0.29, 0.717) is 40.0 Å². The average Bonchev–Trinajstić information content (AvgIpc) is 3.23. The lowest BCUT2D eigenvalue weighted by atomic mass is 9.98. The van der Waals surface area contributed by atoms with Crippen molar-refractivity contribution in [3.8, 4) is 11.1 Å². The standard InChI is InChI=1S/C25H20F2N6O2/c1-2-28-25(35)31-24-29-19-9-7-14(12-20(19)30-24)16-10-13(6-8-17(16)26)11-21-22-15(23(34)33-32-21)4-3-5-18(22)27/h3-10,12H,2,11H2,1H3,(H,33,34)(H3,28,29,30,31,35). The van der Waals surface area contributed by atoms with Crippen LogP contribution in [0.4, 0.5) is 19.5 Å². The summed E-state index contributed by atoms with van der Waals surface area (Å²) in [5.74, 6) is -0.704. The topological polar surface area (TPSA) is 116 Å². The van der Waals surface area contributed by atoms with Gasteiger partial charge in [-0.05, 0) is 54.4 Å². The van der Waals surface area contributed by atoms with E-state index in [1.165, 1.54) is 24.3 Å². The van der Waals surface area contributed by atoms with E-state index in [9.17, 15) is 18.4 Å². The first-order chi connectivity index (χ1) is 16.9. The highest BCUT2D eigenvalue weighted by atomic mass is 19.1. The van der Waals surface area contributed by atoms with E-state index in [2.05, 4.69) is 30.8 Å². The lowest BCUT2D eigenvalue weighted by Crippen LogP contribution is -2.28. The fourth-order valence-electron chi connectivity index (χ4n) is 4.01. The number of H-pyrrole nitrogens is 2. The van der Waals surface area contributed by atoms with Crippen molar-refractivity contribution in [2.75, 3.05) is 11.9 Å². The number of nitrogens with zero attached hydrogens (tertiary/aromatic N) is 2. The monoisotopic (exact) mass is 474 g/mol. The molecule has 5 aromatic rings. The number of carbonyl (C=O) groups excluding carboxylic acids is 1. The summed E-state index contributed by atoms with van der Waals surface area (Å²) in [7, 11) is 0. The molecule has 176 valence electrons. The van der Waals surface area contributed by atoms with Crippen molar-refractivity contribution in [2.45, 2.75) is 13.3 Å². The predicted octanol–water partition coefficient (Wildman–Crippen LogP) is 4.48. The van der Waals surface area contributed by atoms with Crippen molar-refractivity contribution in [1.29, 1.82) is 0 Å². The maximum atomic E-state index is 14.8. The molecule has 0 radical (unpaired) electrons. The Balaban J connectivity index is 1.49. The molecule has 0 bridgehead atoms. The third kappa shape index (κ3) is 4.33. The Labute approximate surface area is 197 Å². The number of rotatable bonds is 5. The molecule has 4 N–H and O–H groups in total. The molecular formula is C25H20F2N6O2. The highest BCUT2D eigenvalue weighted by molar-refractivity contribution is 5.91. The van der Waals surface area contributed by atoms with E-state index < -0.39 is 17.2 Å². The molecule has 0 saturated carbocycles. The second-order valence-corrected chi connectivity index (χ2v) is 7.95. The van der Waals surface area contributed by atoms with Gasteiger partial charge in [-0.3, -0.25) is 10.1 Å². The minimum absolute atomic E-state index is 0.146. The van der Waals surface area contributed by atoms with Crippen LogP contribution in [0.2, 0.25) is 0 Å². The number of amides is 2. The van der Waals surface area contributed by atoms with Gasteiger partial charge in [-0.15, -0.1) is 0 Å². The number of anilines is 1. The quantitative estimate of drug-likeness (QED) is 0.301. The number of fused-ring (bicyclic) bond motifs is 2. The summed E-state index contributed by atoms with van der Waals surface area (Å²) < 4.78 is 29.3. The van der Waals surface area contributed by atoms with Gasteiger partial charge in [-0.25, -0.2) is 23.7 Å². The summed E-state index contributed by atoms with van der Waals surface area (Å²) >= 11 is 0. The number of urea groups is 1. The lowest BCUT2D eigenvalue weighted by Gasteiger charge is -2.09. The van der Waals surface area contributed by atoms with Gasteiger partial charge in [0.05, 0.1) is 22.1 Å². The zero-order valence-electron chi connectivity index (χ0n) is 18.6. The molecule has 0 atom stereocenters. The van der Waals surface area contributed by atoms with Gasteiger partial charge >= 0.3 is 6.03 Å². The summed E-state index contributed by atoms with van der Waals surface area (Å²) in [4.78, 5) is 31.2. The van der Waals surface area contributed by atoms with Gasteiger partial charge in [-0.1, -0.05) is 18.2 Å². The second kappa shape index (κ2) is 8.98. The molecule has 10 heteroatoms. The third-order valence-electron chi connectivity index (χ3n) is 5.60. The summed E-state index contributed by atoms with van der Waals surface area (Å²) in [5, 5.41) is 12.0. The van der Waals surface area contributed by atoms with Crippen molar-refractivity contribution in [1.82, 2.24) is 25.5 Å². The number of aromatic amines is 2. The highest BCUT2D eigenvalue weighted by Crippen LogP contribution is 2.29. The van der Waals surface area contributed by atoms with Crippen LogP contribution < -0.4 is 16.2 Å². The molecule has 0 spiro atoms. The van der Waals surface area contributed by atoms with Crippen LogP contribution in [0.3, 0.4) is 0 Å². The van der Waals surface area contributed by atoms with Crippen LogP contribution >= 0.6 is 0 Å². The van der Waals surface area contributed by atoms with Crippen molar-refractivity contribution in [3.05, 3.63) is 87.8 Å². The molecule has 0 unspecified atom stereocenters. The average molecular weight is 474 g/mol. The summed E-state index contributed by atoms with van der Waals surface area (Å²) in [6, 6.07) is 13.7. The Kier molecular flexibility index (Phi) is 5.69. The van der Waals surface area contributed by atoms with Crippen LogP contribution in [-0.2, 0) is 6.42 Å². The number of hydrogen-bond donors (Lipinski definition) is 4. The molecule has 5 rings (SSSR count). The molecule has 0 aliphatic carbocycles. The normalized spacial score (nSPS) is 11.2. The van der Waals surface area contributed by atoms with Crippen LogP contribution in [-0.4, -0.2) is 32.7 Å². The predicted molar refractivity (Wildman–Crippen MR) is 129 cm³/mol. The van der Waals surface area contributed by atoms with Gasteiger partial charge in [0.25, 0.3) is 5.56 Å². The van der Waals surface area contributed by atoms with Crippen molar-refractivity contribution in [3.63, 3.8) is 0 Å². The summed E-state index contributed by atoms with van der Waals surface area (Å²) in [6.45, 7) is 2.28. The number of hydrogen-bond acceptors (Lipinski definition) is 4. The zero-order chi connectivity index (χ0) is 24.5. The summed E-state index contributed by atoms with van der Waals surface area (Å²) in [6.07, 6.45) is 0.187. The molecular weight excluding hydrogens is 454 g/mol. The largest absolute Gasteiger partial charge is 0.338 e. The van der Waals surface area contributed by atoms with Crippen molar-refractivity contribution < 1.29 is 13.6 Å². The van der Waals surface area contributed by atoms with Gasteiger partial charge in [0, 0.05) is 23.9 Å². The second-order valence-electron chi connectivity index (χ2n) is 7.95. The number of carbonyl (C=O) groups is 1. The Hall–Kier alpha value is -4.60. The first kappa shape index (κ1) is 22.2. The molecule has 0 aliphatic rings. The van der Waals surface area contributed by atoms with Crippen molar-refractivity contribution in [2.24, 2.45) is 0 Å². The number of aromatic nitrogens is 4. The molecule has 0 fully saturated rings. The molecule has 35 heavy (non-hydrogen) atoms. The lowest BCUT2D eigenvalue weighted by molar-refractivity contribution is 0.252. The number of imidazole rings is 1. The Bertz CT molecular complexity index is 1640. The highest BCUT2D eigenvalue weighted by Gasteiger charge is 2.14. The molecule has 8 nitrogen and oxygen atoms in total. The Morgan fingerprint density at radius 3 is 2.74 bits per heavy atom. The van der Waals surface area contributed by atoms with Gasteiger partial charge < -0.3 is 10.3 Å². The van der Waals surface area contributed by atoms with E-state index >= 15 is 0 Å². The Morgan fingerprint density at radius 2 is 1.91 bits per heavy atom.